The molecule has 1 rings (SSSR count). The summed E-state index contributed by atoms with van der Waals surface area (Å²) < 4.78 is 26.0. The number of carbonyl (C=O) groups is 2. The van der Waals surface area contributed by atoms with Gasteiger partial charge in [0.05, 0.1) is 4.90 Å². The fraction of sp³-hybridized carbons (Fsp3) is 0.273. The maximum atomic E-state index is 12.0. The third kappa shape index (κ3) is 4.52. The molecule has 0 aliphatic rings. The van der Waals surface area contributed by atoms with Gasteiger partial charge in [-0.25, -0.2) is 13.2 Å². The quantitative estimate of drug-likeness (QED) is 0.555. The van der Waals surface area contributed by atoms with Crippen LogP contribution in [0.3, 0.4) is 0 Å². The van der Waals surface area contributed by atoms with E-state index in [1.165, 1.54) is 12.1 Å². The third-order valence-corrected chi connectivity index (χ3v) is 3.85. The van der Waals surface area contributed by atoms with Crippen LogP contribution in [0.1, 0.15) is 5.56 Å². The average Bonchev–Trinajstić information content (AvgIpc) is 2.34. The molecule has 0 aliphatic carbocycles. The first-order valence-corrected chi connectivity index (χ1v) is 7.06. The zero-order chi connectivity index (χ0) is 15.3. The number of nitrogens with two attached hydrogens (primary N) is 1. The van der Waals surface area contributed by atoms with Crippen LogP contribution in [-0.4, -0.2) is 38.1 Å². The predicted octanol–water partition coefficient (Wildman–Crippen LogP) is -0.605. The monoisotopic (exact) mass is 301 g/mol. The number of hydrogen-bond acceptors (Lipinski definition) is 4. The molecule has 20 heavy (non-hydrogen) atoms. The molecule has 8 nitrogen and oxygen atoms in total. The number of hydrogen-bond donors (Lipinski definition) is 4. The molecule has 0 saturated heterocycles. The summed E-state index contributed by atoms with van der Waals surface area (Å²) in [6, 6.07) is 3.56. The van der Waals surface area contributed by atoms with Crippen molar-refractivity contribution in [2.45, 2.75) is 17.9 Å². The van der Waals surface area contributed by atoms with Gasteiger partial charge in [-0.2, -0.15) is 4.72 Å². The number of carboxylic acids is 1. The van der Waals surface area contributed by atoms with E-state index in [1.807, 2.05) is 10.0 Å². The first-order valence-electron chi connectivity index (χ1n) is 5.57. The number of urea groups is 1. The number of aliphatic carboxylic acids is 1. The van der Waals surface area contributed by atoms with Crippen molar-refractivity contribution < 1.29 is 23.1 Å². The van der Waals surface area contributed by atoms with Gasteiger partial charge in [-0.15, -0.1) is 0 Å². The molecule has 0 saturated carbocycles. The molecule has 9 heteroatoms. The molecule has 0 radical (unpaired) electrons. The van der Waals surface area contributed by atoms with Gasteiger partial charge >= 0.3 is 12.0 Å². The lowest BCUT2D eigenvalue weighted by molar-refractivity contribution is -0.138. The van der Waals surface area contributed by atoms with Crippen LogP contribution in [0.15, 0.2) is 29.2 Å². The molecular weight excluding hydrogens is 286 g/mol. The molecular formula is C11H15N3O5S. The summed E-state index contributed by atoms with van der Waals surface area (Å²) in [5.74, 6) is -1.42. The van der Waals surface area contributed by atoms with Gasteiger partial charge in [-0.1, -0.05) is 12.1 Å². The van der Waals surface area contributed by atoms with Crippen molar-refractivity contribution in [2.24, 2.45) is 5.73 Å². The van der Waals surface area contributed by atoms with E-state index in [0.717, 1.165) is 5.56 Å². The van der Waals surface area contributed by atoms with Gasteiger partial charge in [0, 0.05) is 6.54 Å². The Morgan fingerprint density at radius 3 is 2.55 bits per heavy atom. The normalized spacial score (nSPS) is 12.7. The molecule has 110 valence electrons. The second-order valence-corrected chi connectivity index (χ2v) is 5.79. The topological polar surface area (TPSA) is 139 Å². The molecule has 1 aromatic carbocycles. The summed E-state index contributed by atoms with van der Waals surface area (Å²) in [7, 11) is -4.00. The van der Waals surface area contributed by atoms with E-state index in [2.05, 4.69) is 0 Å². The maximum Gasteiger partial charge on any atom is 0.323 e. The van der Waals surface area contributed by atoms with E-state index in [-0.39, 0.29) is 4.90 Å². The van der Waals surface area contributed by atoms with Crippen LogP contribution in [0.2, 0.25) is 0 Å². The second kappa shape index (κ2) is 6.35. The number of carboxylic acid groups (broad SMARTS) is 1. The minimum absolute atomic E-state index is 0.0529. The molecule has 5 N–H and O–H groups in total. The number of rotatable bonds is 6. The summed E-state index contributed by atoms with van der Waals surface area (Å²) in [5, 5.41) is 11.0. The smallest absolute Gasteiger partial charge is 0.323 e. The Hall–Kier alpha value is -2.13. The number of aryl methyl sites for hydroxylation is 1. The number of amides is 2. The number of nitrogens with one attached hydrogen (secondary N) is 2. The van der Waals surface area contributed by atoms with Crippen LogP contribution < -0.4 is 15.8 Å². The maximum absolute atomic E-state index is 12.0. The summed E-state index contributed by atoms with van der Waals surface area (Å²) >= 11 is 0. The molecule has 1 aromatic rings. The predicted molar refractivity (Wildman–Crippen MR) is 70.5 cm³/mol. The summed E-state index contributed by atoms with van der Waals surface area (Å²) in [6.07, 6.45) is 0. The lowest BCUT2D eigenvalue weighted by Gasteiger charge is -2.15. The number of benzene rings is 1. The van der Waals surface area contributed by atoms with Gasteiger partial charge in [0.15, 0.2) is 0 Å². The summed E-state index contributed by atoms with van der Waals surface area (Å²) in [4.78, 5) is 21.5. The molecule has 0 spiro atoms. The molecule has 0 aliphatic heterocycles. The van der Waals surface area contributed by atoms with Gasteiger partial charge in [0.1, 0.15) is 6.04 Å². The molecule has 0 aromatic heterocycles. The van der Waals surface area contributed by atoms with Crippen LogP contribution in [-0.2, 0) is 14.8 Å². The van der Waals surface area contributed by atoms with Crippen molar-refractivity contribution in [2.75, 3.05) is 6.54 Å². The van der Waals surface area contributed by atoms with E-state index < -0.39 is 34.6 Å². The van der Waals surface area contributed by atoms with Crippen molar-refractivity contribution in [1.82, 2.24) is 10.0 Å². The summed E-state index contributed by atoms with van der Waals surface area (Å²) in [6.45, 7) is 1.26. The Kier molecular flexibility index (Phi) is 5.06. The van der Waals surface area contributed by atoms with Crippen LogP contribution in [0.5, 0.6) is 0 Å². The van der Waals surface area contributed by atoms with Gasteiger partial charge in [-0.3, -0.25) is 4.79 Å². The Morgan fingerprint density at radius 2 is 2.05 bits per heavy atom. The summed E-state index contributed by atoms with van der Waals surface area (Å²) in [5.41, 5.74) is 5.53. The standard InChI is InChI=1S/C11H15N3O5S/c1-7-3-2-4-8(5-7)20(18,19)14-9(10(15)16)6-13-11(12)17/h2-5,9,14H,6H2,1H3,(H,15,16)(H3,12,13,17)/t9-/m1/s1. The Morgan fingerprint density at radius 1 is 1.40 bits per heavy atom. The van der Waals surface area contributed by atoms with Crippen molar-refractivity contribution in [3.63, 3.8) is 0 Å². The largest absolute Gasteiger partial charge is 0.480 e. The number of primary amides is 1. The van der Waals surface area contributed by atoms with Gasteiger partial charge in [0.2, 0.25) is 10.0 Å². The number of sulfonamides is 1. The zero-order valence-corrected chi connectivity index (χ0v) is 11.5. The number of carbonyl (C=O) groups excluding carboxylic acids is 1. The highest BCUT2D eigenvalue weighted by Gasteiger charge is 2.25. The molecule has 0 unspecified atom stereocenters. The lowest BCUT2D eigenvalue weighted by atomic mass is 10.2. The van der Waals surface area contributed by atoms with E-state index in [4.69, 9.17) is 10.8 Å². The fourth-order valence-corrected chi connectivity index (χ4v) is 2.71. The fourth-order valence-electron chi connectivity index (χ4n) is 1.42. The van der Waals surface area contributed by atoms with E-state index in [0.29, 0.717) is 0 Å². The van der Waals surface area contributed by atoms with Gasteiger partial charge < -0.3 is 16.2 Å². The Bertz CT molecular complexity index is 614. The highest BCUT2D eigenvalue weighted by atomic mass is 32.2. The van der Waals surface area contributed by atoms with Crippen LogP contribution in [0.4, 0.5) is 4.79 Å². The highest BCUT2D eigenvalue weighted by Crippen LogP contribution is 2.11. The van der Waals surface area contributed by atoms with Crippen molar-refractivity contribution in [3.8, 4) is 0 Å². The molecule has 2 amide bonds. The average molecular weight is 301 g/mol. The Balaban J connectivity index is 2.91. The third-order valence-electron chi connectivity index (χ3n) is 2.38. The minimum atomic E-state index is -4.00. The second-order valence-electron chi connectivity index (χ2n) is 4.07. The van der Waals surface area contributed by atoms with Crippen LogP contribution in [0.25, 0.3) is 0 Å². The van der Waals surface area contributed by atoms with E-state index in [1.54, 1.807) is 19.1 Å². The molecule has 0 bridgehead atoms. The minimum Gasteiger partial charge on any atom is -0.480 e. The highest BCUT2D eigenvalue weighted by molar-refractivity contribution is 7.89. The van der Waals surface area contributed by atoms with Crippen molar-refractivity contribution >= 4 is 22.0 Å². The SMILES string of the molecule is Cc1cccc(S(=O)(=O)N[C@H](CNC(N)=O)C(=O)O)c1. The van der Waals surface area contributed by atoms with Crippen LogP contribution in [0, 0.1) is 6.92 Å². The molecule has 1 atom stereocenters. The first kappa shape index (κ1) is 15.9. The molecule has 0 heterocycles. The van der Waals surface area contributed by atoms with Gasteiger partial charge in [-0.05, 0) is 24.6 Å². The Labute approximate surface area is 116 Å². The van der Waals surface area contributed by atoms with E-state index in [9.17, 15) is 18.0 Å². The van der Waals surface area contributed by atoms with Crippen LogP contribution >= 0.6 is 0 Å². The van der Waals surface area contributed by atoms with Crippen molar-refractivity contribution in [1.29, 1.82) is 0 Å². The van der Waals surface area contributed by atoms with Gasteiger partial charge in [0.25, 0.3) is 0 Å². The van der Waals surface area contributed by atoms with E-state index >= 15 is 0 Å². The van der Waals surface area contributed by atoms with Crippen molar-refractivity contribution in [3.05, 3.63) is 29.8 Å². The lowest BCUT2D eigenvalue weighted by Crippen LogP contribution is -2.49. The first-order chi connectivity index (χ1) is 9.22. The zero-order valence-electron chi connectivity index (χ0n) is 10.7. The molecule has 0 fully saturated rings.